The first-order valence-electron chi connectivity index (χ1n) is 5.87. The highest BCUT2D eigenvalue weighted by Gasteiger charge is 2.23. The molecule has 0 nitrogen and oxygen atoms in total. The van der Waals surface area contributed by atoms with Crippen LogP contribution < -0.4 is 0 Å². The van der Waals surface area contributed by atoms with Gasteiger partial charge in [0, 0.05) is 0 Å². The van der Waals surface area contributed by atoms with Gasteiger partial charge in [0.2, 0.25) is 0 Å². The number of rotatable bonds is 1. The second-order valence-corrected chi connectivity index (χ2v) is 4.09. The van der Waals surface area contributed by atoms with E-state index >= 15 is 0 Å². The van der Waals surface area contributed by atoms with E-state index in [2.05, 4.69) is 38.1 Å². The Bertz CT molecular complexity index is 273. The van der Waals surface area contributed by atoms with Crippen molar-refractivity contribution in [1.29, 1.82) is 0 Å². The first kappa shape index (κ1) is 11.3. The fraction of sp³-hybridized carbons (Fsp3) is 0.571. The van der Waals surface area contributed by atoms with Crippen LogP contribution in [-0.4, -0.2) is 0 Å². The highest BCUT2D eigenvalue weighted by atomic mass is 14.3. The highest BCUT2D eigenvalue weighted by Crippen LogP contribution is 2.37. The van der Waals surface area contributed by atoms with Gasteiger partial charge < -0.3 is 0 Å². The minimum absolute atomic E-state index is 0.800. The molecule has 0 unspecified atom stereocenters. The molecule has 0 aliphatic heterocycles. The van der Waals surface area contributed by atoms with Crippen LogP contribution in [0.5, 0.6) is 0 Å². The second kappa shape index (κ2) is 5.19. The summed E-state index contributed by atoms with van der Waals surface area (Å²) in [6, 6.07) is 8.89. The zero-order valence-electron chi connectivity index (χ0n) is 9.88. The van der Waals surface area contributed by atoms with Gasteiger partial charge in [0.1, 0.15) is 0 Å². The Balaban J connectivity index is 0.000000461. The molecule has 0 saturated carbocycles. The maximum atomic E-state index is 2.33. The van der Waals surface area contributed by atoms with Crippen LogP contribution in [0.3, 0.4) is 0 Å². The smallest absolute Gasteiger partial charge is 0.0133 e. The molecule has 1 aromatic rings. The standard InChI is InChI=1S/C12H16.C2H6/c1-9(2)11-8-7-10-5-3-4-6-12(10)11;1-2/h3-6,9,11H,7-8H2,1-2H3;1-2H3/t11-;/m0./s1. The fourth-order valence-electron chi connectivity index (χ4n) is 2.28. The van der Waals surface area contributed by atoms with Gasteiger partial charge in [-0.05, 0) is 35.8 Å². The molecule has 2 rings (SSSR count). The van der Waals surface area contributed by atoms with E-state index in [4.69, 9.17) is 0 Å². The molecule has 0 heteroatoms. The average Bonchev–Trinajstić information content (AvgIpc) is 2.64. The summed E-state index contributed by atoms with van der Waals surface area (Å²) in [5.41, 5.74) is 3.18. The van der Waals surface area contributed by atoms with Crippen LogP contribution in [0.15, 0.2) is 24.3 Å². The molecule has 1 aliphatic rings. The second-order valence-electron chi connectivity index (χ2n) is 4.09. The maximum absolute atomic E-state index is 2.33. The van der Waals surface area contributed by atoms with Crippen molar-refractivity contribution in [2.24, 2.45) is 5.92 Å². The van der Waals surface area contributed by atoms with Gasteiger partial charge in [-0.25, -0.2) is 0 Å². The normalized spacial score (nSPS) is 18.8. The van der Waals surface area contributed by atoms with Gasteiger partial charge in [-0.3, -0.25) is 0 Å². The molecule has 0 saturated heterocycles. The third-order valence-corrected chi connectivity index (χ3v) is 2.98. The van der Waals surface area contributed by atoms with Crippen LogP contribution in [-0.2, 0) is 6.42 Å². The van der Waals surface area contributed by atoms with Crippen molar-refractivity contribution in [2.75, 3.05) is 0 Å². The lowest BCUT2D eigenvalue weighted by molar-refractivity contribution is 0.496. The predicted molar refractivity (Wildman–Crippen MR) is 63.7 cm³/mol. The van der Waals surface area contributed by atoms with E-state index in [1.165, 1.54) is 12.8 Å². The van der Waals surface area contributed by atoms with E-state index < -0.39 is 0 Å². The van der Waals surface area contributed by atoms with Crippen molar-refractivity contribution in [3.05, 3.63) is 35.4 Å². The first-order chi connectivity index (χ1) is 6.79. The third-order valence-electron chi connectivity index (χ3n) is 2.98. The first-order valence-corrected chi connectivity index (χ1v) is 5.87. The van der Waals surface area contributed by atoms with E-state index in [0.717, 1.165) is 11.8 Å². The van der Waals surface area contributed by atoms with Crippen LogP contribution >= 0.6 is 0 Å². The topological polar surface area (TPSA) is 0 Å². The highest BCUT2D eigenvalue weighted by molar-refractivity contribution is 5.34. The average molecular weight is 190 g/mol. The van der Waals surface area contributed by atoms with Crippen LogP contribution in [0.4, 0.5) is 0 Å². The van der Waals surface area contributed by atoms with Crippen molar-refractivity contribution >= 4 is 0 Å². The number of fused-ring (bicyclic) bond motifs is 1. The van der Waals surface area contributed by atoms with Gasteiger partial charge >= 0.3 is 0 Å². The Morgan fingerprint density at radius 1 is 1.14 bits per heavy atom. The molecule has 0 radical (unpaired) electrons. The minimum Gasteiger partial charge on any atom is -0.0683 e. The molecular formula is C14H22. The van der Waals surface area contributed by atoms with Crippen LogP contribution in [0.25, 0.3) is 0 Å². The van der Waals surface area contributed by atoms with Gasteiger partial charge in [-0.2, -0.15) is 0 Å². The number of aryl methyl sites for hydroxylation is 1. The van der Waals surface area contributed by atoms with E-state index in [1.54, 1.807) is 11.1 Å². The third kappa shape index (κ3) is 2.17. The summed E-state index contributed by atoms with van der Waals surface area (Å²) in [6.07, 6.45) is 2.65. The summed E-state index contributed by atoms with van der Waals surface area (Å²) >= 11 is 0. The molecule has 0 aromatic heterocycles. The Morgan fingerprint density at radius 3 is 2.43 bits per heavy atom. The quantitative estimate of drug-likeness (QED) is 0.615. The van der Waals surface area contributed by atoms with Crippen molar-refractivity contribution in [1.82, 2.24) is 0 Å². The van der Waals surface area contributed by atoms with Crippen molar-refractivity contribution in [3.63, 3.8) is 0 Å². The van der Waals surface area contributed by atoms with Crippen LogP contribution in [0, 0.1) is 5.92 Å². The Hall–Kier alpha value is -0.780. The van der Waals surface area contributed by atoms with Crippen molar-refractivity contribution in [2.45, 2.75) is 46.5 Å². The number of benzene rings is 1. The summed E-state index contributed by atoms with van der Waals surface area (Å²) in [5, 5.41) is 0. The van der Waals surface area contributed by atoms with Gasteiger partial charge in [-0.15, -0.1) is 0 Å². The van der Waals surface area contributed by atoms with E-state index in [-0.39, 0.29) is 0 Å². The lowest BCUT2D eigenvalue weighted by atomic mass is 9.90. The van der Waals surface area contributed by atoms with Gasteiger partial charge in [-0.1, -0.05) is 52.0 Å². The number of hydrogen-bond acceptors (Lipinski definition) is 0. The van der Waals surface area contributed by atoms with Crippen molar-refractivity contribution in [3.8, 4) is 0 Å². The fourth-order valence-corrected chi connectivity index (χ4v) is 2.28. The molecule has 0 heterocycles. The number of hydrogen-bond donors (Lipinski definition) is 0. The lowest BCUT2D eigenvalue weighted by Crippen LogP contribution is -2.01. The summed E-state index contributed by atoms with van der Waals surface area (Å²) in [7, 11) is 0. The summed E-state index contributed by atoms with van der Waals surface area (Å²) < 4.78 is 0. The molecule has 1 aromatic carbocycles. The summed E-state index contributed by atoms with van der Waals surface area (Å²) in [4.78, 5) is 0. The largest absolute Gasteiger partial charge is 0.0683 e. The molecule has 78 valence electrons. The monoisotopic (exact) mass is 190 g/mol. The molecule has 0 bridgehead atoms. The minimum atomic E-state index is 0.800. The molecule has 0 amide bonds. The van der Waals surface area contributed by atoms with Gasteiger partial charge in [0.15, 0.2) is 0 Å². The predicted octanol–water partition coefficient (Wildman–Crippen LogP) is 4.40. The van der Waals surface area contributed by atoms with Crippen LogP contribution in [0.1, 0.15) is 51.2 Å². The SMILES string of the molecule is CC.CC(C)[C@@H]1CCc2ccccc21. The molecule has 1 atom stereocenters. The summed E-state index contributed by atoms with van der Waals surface area (Å²) in [6.45, 7) is 8.65. The van der Waals surface area contributed by atoms with Crippen molar-refractivity contribution < 1.29 is 0 Å². The van der Waals surface area contributed by atoms with E-state index in [0.29, 0.717) is 0 Å². The summed E-state index contributed by atoms with van der Waals surface area (Å²) in [5.74, 6) is 1.62. The van der Waals surface area contributed by atoms with Gasteiger partial charge in [0.05, 0.1) is 0 Å². The molecule has 0 fully saturated rings. The Morgan fingerprint density at radius 2 is 1.79 bits per heavy atom. The maximum Gasteiger partial charge on any atom is -0.0133 e. The Labute approximate surface area is 88.4 Å². The zero-order valence-corrected chi connectivity index (χ0v) is 9.88. The van der Waals surface area contributed by atoms with Crippen LogP contribution in [0.2, 0.25) is 0 Å². The molecule has 1 aliphatic carbocycles. The molecular weight excluding hydrogens is 168 g/mol. The van der Waals surface area contributed by atoms with Gasteiger partial charge in [0.25, 0.3) is 0 Å². The zero-order chi connectivity index (χ0) is 10.6. The molecule has 0 N–H and O–H groups in total. The Kier molecular flexibility index (Phi) is 4.19. The van der Waals surface area contributed by atoms with E-state index in [1.807, 2.05) is 13.8 Å². The molecule has 0 spiro atoms. The van der Waals surface area contributed by atoms with E-state index in [9.17, 15) is 0 Å². The molecule has 14 heavy (non-hydrogen) atoms. The lowest BCUT2D eigenvalue weighted by Gasteiger charge is -2.14.